The fourth-order valence-corrected chi connectivity index (χ4v) is 4.85. The first kappa shape index (κ1) is 18.6. The van der Waals surface area contributed by atoms with Crippen LogP contribution in [0.4, 0.5) is 22.2 Å². The van der Waals surface area contributed by atoms with Gasteiger partial charge >= 0.3 is 0 Å². The number of hydrogen-bond donors (Lipinski definition) is 1. The number of nitrogens with zero attached hydrogens (tertiary/aromatic N) is 3. The molecule has 0 bridgehead atoms. The molecule has 2 heterocycles. The van der Waals surface area contributed by atoms with E-state index in [0.29, 0.717) is 46.1 Å². The van der Waals surface area contributed by atoms with Crippen molar-refractivity contribution >= 4 is 55.2 Å². The summed E-state index contributed by atoms with van der Waals surface area (Å²) in [7, 11) is -3.78. The van der Waals surface area contributed by atoms with Crippen LogP contribution < -0.4 is 14.4 Å². The Balaban J connectivity index is 1.71. The molecule has 0 aliphatic carbocycles. The summed E-state index contributed by atoms with van der Waals surface area (Å²) < 4.78 is 33.4. The molecule has 142 valence electrons. The molecule has 0 fully saturated rings. The smallest absolute Gasteiger partial charge is 0.263 e. The summed E-state index contributed by atoms with van der Waals surface area (Å²) >= 11 is 7.20. The van der Waals surface area contributed by atoms with Gasteiger partial charge < -0.3 is 9.64 Å². The number of fused-ring (bicyclic) bond motifs is 1. The molecule has 7 nitrogen and oxygen atoms in total. The first-order valence-electron chi connectivity index (χ1n) is 8.12. The minimum Gasteiger partial charge on any atom is -0.489 e. The zero-order chi connectivity index (χ0) is 19.7. The number of anilines is 3. The fourth-order valence-electron chi connectivity index (χ4n) is 2.88. The van der Waals surface area contributed by atoms with E-state index in [4.69, 9.17) is 22.9 Å². The summed E-state index contributed by atoms with van der Waals surface area (Å²) in [5.74, 6) is 0.430. The number of aromatic nitrogens is 1. The van der Waals surface area contributed by atoms with Crippen LogP contribution in [0.1, 0.15) is 0 Å². The molecule has 28 heavy (non-hydrogen) atoms. The Labute approximate surface area is 171 Å². The Morgan fingerprint density at radius 3 is 2.82 bits per heavy atom. The van der Waals surface area contributed by atoms with E-state index in [1.165, 1.54) is 29.7 Å². The van der Waals surface area contributed by atoms with Gasteiger partial charge in [0.2, 0.25) is 5.69 Å². The van der Waals surface area contributed by atoms with Crippen LogP contribution in [0.25, 0.3) is 4.85 Å². The zero-order valence-corrected chi connectivity index (χ0v) is 16.7. The Morgan fingerprint density at radius 2 is 2.07 bits per heavy atom. The van der Waals surface area contributed by atoms with Crippen molar-refractivity contribution in [2.75, 3.05) is 22.8 Å². The van der Waals surface area contributed by atoms with E-state index < -0.39 is 10.0 Å². The summed E-state index contributed by atoms with van der Waals surface area (Å²) in [5.41, 5.74) is 1.80. The highest BCUT2D eigenvalue weighted by Crippen LogP contribution is 2.42. The van der Waals surface area contributed by atoms with E-state index in [1.54, 1.807) is 29.6 Å². The summed E-state index contributed by atoms with van der Waals surface area (Å²) in [6.07, 6.45) is 1.53. The lowest BCUT2D eigenvalue weighted by molar-refractivity contribution is 0.313. The number of nitrogens with one attached hydrogen (secondary N) is 1. The van der Waals surface area contributed by atoms with E-state index in [2.05, 4.69) is 14.6 Å². The third-order valence-electron chi connectivity index (χ3n) is 4.11. The topological polar surface area (TPSA) is 75.9 Å². The van der Waals surface area contributed by atoms with Crippen LogP contribution >= 0.6 is 22.9 Å². The quantitative estimate of drug-likeness (QED) is 0.606. The second-order valence-corrected chi connectivity index (χ2v) is 8.83. The predicted molar refractivity (Wildman–Crippen MR) is 110 cm³/mol. The van der Waals surface area contributed by atoms with Crippen molar-refractivity contribution in [2.45, 2.75) is 4.90 Å². The van der Waals surface area contributed by atoms with Crippen molar-refractivity contribution in [1.82, 2.24) is 4.98 Å². The number of halogens is 1. The van der Waals surface area contributed by atoms with Crippen LogP contribution in [0.5, 0.6) is 5.75 Å². The summed E-state index contributed by atoms with van der Waals surface area (Å²) in [4.78, 5) is 9.49. The fraction of sp³-hybridized carbons (Fsp3) is 0.111. The van der Waals surface area contributed by atoms with Crippen molar-refractivity contribution in [3.8, 4) is 5.75 Å². The number of rotatable bonds is 4. The third-order valence-corrected chi connectivity index (χ3v) is 6.50. The molecule has 0 amide bonds. The molecule has 2 aromatic carbocycles. The van der Waals surface area contributed by atoms with Gasteiger partial charge in [-0.25, -0.2) is 18.2 Å². The maximum Gasteiger partial charge on any atom is 0.263 e. The van der Waals surface area contributed by atoms with Crippen LogP contribution in [0.2, 0.25) is 5.02 Å². The van der Waals surface area contributed by atoms with E-state index >= 15 is 0 Å². The van der Waals surface area contributed by atoms with Crippen LogP contribution in [-0.2, 0) is 10.0 Å². The predicted octanol–water partition coefficient (Wildman–Crippen LogP) is 4.68. The monoisotopic (exact) mass is 432 g/mol. The average molecular weight is 433 g/mol. The molecule has 10 heteroatoms. The summed E-state index contributed by atoms with van der Waals surface area (Å²) in [5, 5.41) is 2.47. The van der Waals surface area contributed by atoms with Crippen LogP contribution in [0.15, 0.2) is 52.9 Å². The highest BCUT2D eigenvalue weighted by atomic mass is 35.5. The van der Waals surface area contributed by atoms with Gasteiger partial charge in [-0.1, -0.05) is 11.6 Å². The first-order chi connectivity index (χ1) is 13.5. The summed E-state index contributed by atoms with van der Waals surface area (Å²) in [6, 6.07) is 9.76. The van der Waals surface area contributed by atoms with Crippen LogP contribution in [0, 0.1) is 6.57 Å². The van der Waals surface area contributed by atoms with Gasteiger partial charge in [0, 0.05) is 28.4 Å². The SMILES string of the molecule is [C-]#[N+]c1cc(Cl)ccc1N1CCOc2cc(S(=O)(=O)Nc3nccs3)ccc21. The second-order valence-electron chi connectivity index (χ2n) is 5.82. The molecule has 4 rings (SSSR count). The maximum absolute atomic E-state index is 12.6. The minimum absolute atomic E-state index is 0.0739. The molecule has 1 aliphatic rings. The Kier molecular flexibility index (Phi) is 4.85. The van der Waals surface area contributed by atoms with Crippen molar-refractivity contribution in [1.29, 1.82) is 0 Å². The van der Waals surface area contributed by atoms with Gasteiger partial charge in [-0.05, 0) is 30.3 Å². The molecule has 0 saturated carbocycles. The maximum atomic E-state index is 12.6. The minimum atomic E-state index is -3.78. The molecule has 0 radical (unpaired) electrons. The Morgan fingerprint density at radius 1 is 1.25 bits per heavy atom. The molecule has 1 aliphatic heterocycles. The molecular weight excluding hydrogens is 420 g/mol. The molecule has 1 aromatic heterocycles. The van der Waals surface area contributed by atoms with Crippen molar-refractivity contribution in [3.63, 3.8) is 0 Å². The van der Waals surface area contributed by atoms with Gasteiger partial charge in [0.25, 0.3) is 10.0 Å². The number of benzene rings is 2. The number of ether oxygens (including phenoxy) is 1. The molecule has 0 atom stereocenters. The Hall–Kier alpha value is -2.80. The highest BCUT2D eigenvalue weighted by Gasteiger charge is 2.25. The van der Waals surface area contributed by atoms with Crippen molar-refractivity contribution in [2.24, 2.45) is 0 Å². The Bertz CT molecular complexity index is 1170. The zero-order valence-electron chi connectivity index (χ0n) is 14.3. The lowest BCUT2D eigenvalue weighted by atomic mass is 10.2. The van der Waals surface area contributed by atoms with E-state index in [1.807, 2.05) is 4.90 Å². The lowest BCUT2D eigenvalue weighted by Crippen LogP contribution is -2.28. The molecule has 0 spiro atoms. The molecule has 3 aromatic rings. The van der Waals surface area contributed by atoms with E-state index in [9.17, 15) is 8.42 Å². The number of sulfonamides is 1. The molecule has 0 saturated heterocycles. The standard InChI is InChI=1S/C18H13ClN4O3S2/c1-20-14-10-12(19)2-4-15(14)23-7-8-26-17-11-13(3-5-16(17)23)28(24,25)22-18-21-6-9-27-18/h2-6,9-11H,7-8H2,(H,21,22). The van der Waals surface area contributed by atoms with Crippen molar-refractivity contribution in [3.05, 3.63) is 64.4 Å². The largest absolute Gasteiger partial charge is 0.489 e. The number of thiazole rings is 1. The summed E-state index contributed by atoms with van der Waals surface area (Å²) in [6.45, 7) is 8.30. The molecule has 1 N–H and O–H groups in total. The van der Waals surface area contributed by atoms with Gasteiger partial charge in [-0.3, -0.25) is 4.72 Å². The van der Waals surface area contributed by atoms with E-state index in [-0.39, 0.29) is 4.90 Å². The number of hydrogen-bond acceptors (Lipinski definition) is 6. The van der Waals surface area contributed by atoms with Gasteiger partial charge in [0.15, 0.2) is 5.13 Å². The van der Waals surface area contributed by atoms with Crippen molar-refractivity contribution < 1.29 is 13.2 Å². The van der Waals surface area contributed by atoms with Crippen LogP contribution in [-0.4, -0.2) is 26.6 Å². The molecular formula is C18H13ClN4O3S2. The lowest BCUT2D eigenvalue weighted by Gasteiger charge is -2.32. The first-order valence-corrected chi connectivity index (χ1v) is 10.9. The van der Waals surface area contributed by atoms with Gasteiger partial charge in [0.1, 0.15) is 12.4 Å². The van der Waals surface area contributed by atoms with Gasteiger partial charge in [-0.2, -0.15) is 0 Å². The van der Waals surface area contributed by atoms with Gasteiger partial charge in [0.05, 0.1) is 23.7 Å². The van der Waals surface area contributed by atoms with Gasteiger partial charge in [-0.15, -0.1) is 11.3 Å². The molecule has 0 unspecified atom stereocenters. The van der Waals surface area contributed by atoms with Crippen LogP contribution in [0.3, 0.4) is 0 Å². The highest BCUT2D eigenvalue weighted by molar-refractivity contribution is 7.93. The average Bonchev–Trinajstić information content (AvgIpc) is 3.19. The second kappa shape index (κ2) is 7.31. The normalized spacial score (nSPS) is 13.4. The van der Waals surface area contributed by atoms with E-state index in [0.717, 1.165) is 0 Å². The third kappa shape index (κ3) is 3.49.